The molecule has 120 valence electrons. The van der Waals surface area contributed by atoms with Crippen LogP contribution in [0.2, 0.25) is 0 Å². The third kappa shape index (κ3) is 5.01. The van der Waals surface area contributed by atoms with Crippen LogP contribution in [0.3, 0.4) is 0 Å². The molecule has 2 aromatic rings. The van der Waals surface area contributed by atoms with Crippen LogP contribution in [-0.4, -0.2) is 18.4 Å². The summed E-state index contributed by atoms with van der Waals surface area (Å²) < 4.78 is 6.81. The zero-order chi connectivity index (χ0) is 16.8. The summed E-state index contributed by atoms with van der Waals surface area (Å²) in [5.74, 6) is -1.57. The lowest BCUT2D eigenvalue weighted by atomic mass is 9.91. The third-order valence-corrected chi connectivity index (χ3v) is 4.31. The monoisotopic (exact) mass is 438 g/mol. The molecular weight excluding hydrogens is 424 g/mol. The van der Waals surface area contributed by atoms with E-state index in [2.05, 4.69) is 31.9 Å². The van der Waals surface area contributed by atoms with Gasteiger partial charge in [0.05, 0.1) is 6.61 Å². The number of carbonyl (C=O) groups excluding carboxylic acids is 2. The van der Waals surface area contributed by atoms with Gasteiger partial charge in [-0.3, -0.25) is 9.59 Å². The van der Waals surface area contributed by atoms with E-state index in [0.29, 0.717) is 12.0 Å². The molecular formula is C18H16Br2O3. The largest absolute Gasteiger partial charge is 0.465 e. The first-order valence-electron chi connectivity index (χ1n) is 7.22. The van der Waals surface area contributed by atoms with Crippen LogP contribution in [0, 0.1) is 5.92 Å². The predicted octanol–water partition coefficient (Wildman–Crippen LogP) is 4.82. The molecule has 3 nitrogen and oxygen atoms in total. The van der Waals surface area contributed by atoms with E-state index in [4.69, 9.17) is 4.74 Å². The van der Waals surface area contributed by atoms with Crippen molar-refractivity contribution in [2.45, 2.75) is 13.3 Å². The topological polar surface area (TPSA) is 43.4 Å². The van der Waals surface area contributed by atoms with Gasteiger partial charge in [0.25, 0.3) is 0 Å². The fourth-order valence-electron chi connectivity index (χ4n) is 2.27. The number of Topliss-reactive ketones (excluding diaryl/α,β-unsaturated/α-hetero) is 1. The number of ketones is 1. The number of hydrogen-bond donors (Lipinski definition) is 0. The van der Waals surface area contributed by atoms with Crippen LogP contribution in [0.1, 0.15) is 22.8 Å². The molecule has 0 radical (unpaired) electrons. The molecule has 0 aromatic heterocycles. The minimum atomic E-state index is -0.849. The number of hydrogen-bond acceptors (Lipinski definition) is 3. The van der Waals surface area contributed by atoms with Gasteiger partial charge in [0, 0.05) is 14.5 Å². The maximum Gasteiger partial charge on any atom is 0.317 e. The molecule has 0 saturated carbocycles. The Morgan fingerprint density at radius 3 is 2.30 bits per heavy atom. The highest BCUT2D eigenvalue weighted by molar-refractivity contribution is 9.10. The molecule has 0 aliphatic carbocycles. The summed E-state index contributed by atoms with van der Waals surface area (Å²) in [4.78, 5) is 25.0. The van der Waals surface area contributed by atoms with E-state index in [0.717, 1.165) is 14.5 Å². The second kappa shape index (κ2) is 8.41. The molecule has 0 fully saturated rings. The minimum absolute atomic E-state index is 0.232. The summed E-state index contributed by atoms with van der Waals surface area (Å²) in [6.07, 6.45) is 0.309. The van der Waals surface area contributed by atoms with Crippen LogP contribution in [0.25, 0.3) is 0 Å². The molecule has 0 N–H and O–H groups in total. The van der Waals surface area contributed by atoms with Crippen molar-refractivity contribution in [1.82, 2.24) is 0 Å². The first-order valence-corrected chi connectivity index (χ1v) is 8.80. The Balaban J connectivity index is 2.30. The summed E-state index contributed by atoms with van der Waals surface area (Å²) in [6, 6.07) is 14.6. The maximum atomic E-state index is 12.8. The van der Waals surface area contributed by atoms with E-state index < -0.39 is 11.9 Å². The van der Waals surface area contributed by atoms with Gasteiger partial charge in [0.15, 0.2) is 5.78 Å². The number of esters is 1. The standard InChI is InChI=1S/C18H16Br2O3/c1-2-23-18(22)16(10-12-5-3-7-14(19)9-12)17(21)13-6-4-8-15(20)11-13/h3-9,11,16H,2,10H2,1H3. The van der Waals surface area contributed by atoms with Gasteiger partial charge in [-0.2, -0.15) is 0 Å². The van der Waals surface area contributed by atoms with Crippen molar-refractivity contribution < 1.29 is 14.3 Å². The van der Waals surface area contributed by atoms with E-state index in [1.54, 1.807) is 25.1 Å². The molecule has 0 amide bonds. The van der Waals surface area contributed by atoms with Crippen molar-refractivity contribution in [3.8, 4) is 0 Å². The van der Waals surface area contributed by atoms with Gasteiger partial charge in [-0.05, 0) is 43.2 Å². The molecule has 0 saturated heterocycles. The fourth-order valence-corrected chi connectivity index (χ4v) is 3.11. The first kappa shape index (κ1) is 17.9. The Morgan fingerprint density at radius 2 is 1.70 bits per heavy atom. The van der Waals surface area contributed by atoms with E-state index in [1.807, 2.05) is 30.3 Å². The molecule has 5 heteroatoms. The fraction of sp³-hybridized carbons (Fsp3) is 0.222. The van der Waals surface area contributed by atoms with Crippen LogP contribution in [0.4, 0.5) is 0 Å². The number of rotatable bonds is 6. The van der Waals surface area contributed by atoms with Gasteiger partial charge in [-0.1, -0.05) is 56.1 Å². The second-order valence-corrected chi connectivity index (χ2v) is 6.84. The molecule has 2 aromatic carbocycles. The summed E-state index contributed by atoms with van der Waals surface area (Å²) >= 11 is 6.75. The molecule has 0 spiro atoms. The van der Waals surface area contributed by atoms with Gasteiger partial charge in [0.2, 0.25) is 0 Å². The molecule has 1 unspecified atom stereocenters. The number of halogens is 2. The molecule has 23 heavy (non-hydrogen) atoms. The minimum Gasteiger partial charge on any atom is -0.465 e. The van der Waals surface area contributed by atoms with Crippen molar-refractivity contribution in [2.24, 2.45) is 5.92 Å². The summed E-state index contributed by atoms with van der Waals surface area (Å²) in [5, 5.41) is 0. The SMILES string of the molecule is CCOC(=O)C(Cc1cccc(Br)c1)C(=O)c1cccc(Br)c1. The number of carbonyl (C=O) groups is 2. The first-order chi connectivity index (χ1) is 11.0. The Morgan fingerprint density at radius 1 is 1.04 bits per heavy atom. The summed E-state index contributed by atoms with van der Waals surface area (Å²) in [7, 11) is 0. The van der Waals surface area contributed by atoms with Crippen LogP contribution in [0.15, 0.2) is 57.5 Å². The van der Waals surface area contributed by atoms with Crippen LogP contribution < -0.4 is 0 Å². The summed E-state index contributed by atoms with van der Waals surface area (Å²) in [6.45, 7) is 1.98. The van der Waals surface area contributed by atoms with Crippen molar-refractivity contribution in [1.29, 1.82) is 0 Å². The normalized spacial score (nSPS) is 11.8. The predicted molar refractivity (Wildman–Crippen MR) is 96.4 cm³/mol. The Bertz CT molecular complexity index is 713. The average Bonchev–Trinajstić information content (AvgIpc) is 2.52. The Hall–Kier alpha value is -1.46. The van der Waals surface area contributed by atoms with Gasteiger partial charge >= 0.3 is 5.97 Å². The maximum absolute atomic E-state index is 12.8. The highest BCUT2D eigenvalue weighted by Gasteiger charge is 2.29. The van der Waals surface area contributed by atoms with Gasteiger partial charge in [0.1, 0.15) is 5.92 Å². The number of ether oxygens (including phenoxy) is 1. The zero-order valence-electron chi connectivity index (χ0n) is 12.6. The number of benzene rings is 2. The van der Waals surface area contributed by atoms with Crippen LogP contribution in [-0.2, 0) is 16.0 Å². The molecule has 1 atom stereocenters. The molecule has 0 aliphatic rings. The zero-order valence-corrected chi connectivity index (χ0v) is 15.8. The highest BCUT2D eigenvalue weighted by Crippen LogP contribution is 2.21. The lowest BCUT2D eigenvalue weighted by Crippen LogP contribution is -2.28. The van der Waals surface area contributed by atoms with Crippen molar-refractivity contribution in [2.75, 3.05) is 6.61 Å². The molecule has 0 bridgehead atoms. The lowest BCUT2D eigenvalue weighted by Gasteiger charge is -2.15. The summed E-state index contributed by atoms with van der Waals surface area (Å²) in [5.41, 5.74) is 1.40. The van der Waals surface area contributed by atoms with E-state index in [-0.39, 0.29) is 12.4 Å². The molecule has 0 heterocycles. The smallest absolute Gasteiger partial charge is 0.317 e. The molecule has 2 rings (SSSR count). The Kier molecular flexibility index (Phi) is 6.54. The van der Waals surface area contributed by atoms with Crippen molar-refractivity contribution >= 4 is 43.6 Å². The van der Waals surface area contributed by atoms with Gasteiger partial charge in [-0.15, -0.1) is 0 Å². The average molecular weight is 440 g/mol. The van der Waals surface area contributed by atoms with E-state index in [1.165, 1.54) is 0 Å². The van der Waals surface area contributed by atoms with Crippen LogP contribution >= 0.6 is 31.9 Å². The lowest BCUT2D eigenvalue weighted by molar-refractivity contribution is -0.146. The van der Waals surface area contributed by atoms with Crippen LogP contribution in [0.5, 0.6) is 0 Å². The van der Waals surface area contributed by atoms with Gasteiger partial charge in [-0.25, -0.2) is 0 Å². The second-order valence-electron chi connectivity index (χ2n) is 5.01. The van der Waals surface area contributed by atoms with Crippen molar-refractivity contribution in [3.05, 3.63) is 68.6 Å². The third-order valence-electron chi connectivity index (χ3n) is 3.33. The van der Waals surface area contributed by atoms with E-state index >= 15 is 0 Å². The Labute approximate surface area is 152 Å². The highest BCUT2D eigenvalue weighted by atomic mass is 79.9. The van der Waals surface area contributed by atoms with Crippen molar-refractivity contribution in [3.63, 3.8) is 0 Å². The van der Waals surface area contributed by atoms with Gasteiger partial charge < -0.3 is 4.74 Å². The molecule has 0 aliphatic heterocycles. The van der Waals surface area contributed by atoms with E-state index in [9.17, 15) is 9.59 Å². The quantitative estimate of drug-likeness (QED) is 0.368.